The number of carboxylic acid groups (broad SMARTS) is 1. The predicted octanol–water partition coefficient (Wildman–Crippen LogP) is 4.26. The molecule has 0 atom stereocenters. The molecule has 2 aromatic carbocycles. The Balaban J connectivity index is 2.11. The SMILES string of the molecule is COc1ccc(/C=N\Nc2ccc(Cl)c(C(=O)O)c2)cc1Br. The van der Waals surface area contributed by atoms with Crippen LogP contribution in [0.25, 0.3) is 0 Å². The zero-order valence-electron chi connectivity index (χ0n) is 11.5. The number of hydrazone groups is 1. The second-order valence-electron chi connectivity index (χ2n) is 4.26. The summed E-state index contributed by atoms with van der Waals surface area (Å²) >= 11 is 9.19. The lowest BCUT2D eigenvalue weighted by Gasteiger charge is -2.05. The predicted molar refractivity (Wildman–Crippen MR) is 90.3 cm³/mol. The van der Waals surface area contributed by atoms with Gasteiger partial charge in [-0.05, 0) is 57.9 Å². The lowest BCUT2D eigenvalue weighted by Crippen LogP contribution is -1.99. The van der Waals surface area contributed by atoms with Gasteiger partial charge in [0.1, 0.15) is 5.75 Å². The number of ether oxygens (including phenoxy) is 1. The average Bonchev–Trinajstić information content (AvgIpc) is 2.49. The monoisotopic (exact) mass is 382 g/mol. The molecule has 0 heterocycles. The number of carbonyl (C=O) groups is 1. The standard InChI is InChI=1S/C15H12BrClN2O3/c1-22-14-5-2-9(6-12(14)16)8-18-19-10-3-4-13(17)11(7-10)15(20)21/h2-8,19H,1H3,(H,20,21)/b18-8-. The third-order valence-corrected chi connectivity index (χ3v) is 3.73. The molecule has 0 saturated heterocycles. The van der Waals surface area contributed by atoms with Crippen molar-refractivity contribution in [3.63, 3.8) is 0 Å². The van der Waals surface area contributed by atoms with Gasteiger partial charge >= 0.3 is 5.97 Å². The first-order valence-corrected chi connectivity index (χ1v) is 7.34. The summed E-state index contributed by atoms with van der Waals surface area (Å²) in [6, 6.07) is 10.1. The Labute approximate surface area is 140 Å². The summed E-state index contributed by atoms with van der Waals surface area (Å²) in [6.45, 7) is 0. The molecule has 0 radical (unpaired) electrons. The lowest BCUT2D eigenvalue weighted by atomic mass is 10.2. The molecule has 0 fully saturated rings. The second-order valence-corrected chi connectivity index (χ2v) is 5.53. The van der Waals surface area contributed by atoms with Crippen LogP contribution in [0.15, 0.2) is 46.0 Å². The van der Waals surface area contributed by atoms with Crippen molar-refractivity contribution >= 4 is 45.4 Å². The highest BCUT2D eigenvalue weighted by Gasteiger charge is 2.08. The minimum Gasteiger partial charge on any atom is -0.496 e. The molecular formula is C15H12BrClN2O3. The highest BCUT2D eigenvalue weighted by molar-refractivity contribution is 9.10. The van der Waals surface area contributed by atoms with Gasteiger partial charge in [-0.2, -0.15) is 5.10 Å². The minimum atomic E-state index is -1.09. The van der Waals surface area contributed by atoms with Crippen molar-refractivity contribution in [2.45, 2.75) is 0 Å². The van der Waals surface area contributed by atoms with E-state index in [-0.39, 0.29) is 10.6 Å². The number of benzene rings is 2. The number of anilines is 1. The maximum atomic E-state index is 11.0. The van der Waals surface area contributed by atoms with Gasteiger partial charge in [-0.25, -0.2) is 4.79 Å². The Hall–Kier alpha value is -2.05. The molecule has 0 spiro atoms. The molecule has 0 aliphatic carbocycles. The summed E-state index contributed by atoms with van der Waals surface area (Å²) in [7, 11) is 1.59. The van der Waals surface area contributed by atoms with E-state index in [1.807, 2.05) is 18.2 Å². The van der Waals surface area contributed by atoms with E-state index in [9.17, 15) is 4.79 Å². The van der Waals surface area contributed by atoms with Gasteiger partial charge in [0, 0.05) is 0 Å². The maximum Gasteiger partial charge on any atom is 0.337 e. The molecule has 0 unspecified atom stereocenters. The summed E-state index contributed by atoms with van der Waals surface area (Å²) in [5.74, 6) is -0.356. The minimum absolute atomic E-state index is 0.0223. The second kappa shape index (κ2) is 7.29. The van der Waals surface area contributed by atoms with E-state index in [0.29, 0.717) is 5.69 Å². The Morgan fingerprint density at radius 1 is 1.36 bits per heavy atom. The smallest absolute Gasteiger partial charge is 0.337 e. The molecule has 5 nitrogen and oxygen atoms in total. The Morgan fingerprint density at radius 2 is 2.14 bits per heavy atom. The fraction of sp³-hybridized carbons (Fsp3) is 0.0667. The molecule has 0 saturated carbocycles. The van der Waals surface area contributed by atoms with Crippen molar-refractivity contribution < 1.29 is 14.6 Å². The first-order chi connectivity index (χ1) is 10.5. The van der Waals surface area contributed by atoms with Crippen LogP contribution in [-0.4, -0.2) is 24.4 Å². The van der Waals surface area contributed by atoms with Crippen LogP contribution < -0.4 is 10.2 Å². The summed E-state index contributed by atoms with van der Waals surface area (Å²) in [4.78, 5) is 11.0. The van der Waals surface area contributed by atoms with Crippen molar-refractivity contribution in [3.05, 3.63) is 57.0 Å². The van der Waals surface area contributed by atoms with E-state index in [4.69, 9.17) is 21.4 Å². The van der Waals surface area contributed by atoms with E-state index in [0.717, 1.165) is 15.8 Å². The van der Waals surface area contributed by atoms with Crippen LogP contribution in [-0.2, 0) is 0 Å². The van der Waals surface area contributed by atoms with Crippen molar-refractivity contribution in [2.24, 2.45) is 5.10 Å². The molecule has 114 valence electrons. The van der Waals surface area contributed by atoms with Crippen LogP contribution in [0.3, 0.4) is 0 Å². The molecule has 0 aliphatic rings. The maximum absolute atomic E-state index is 11.0. The summed E-state index contributed by atoms with van der Waals surface area (Å²) < 4.78 is 5.96. The van der Waals surface area contributed by atoms with Gasteiger partial charge in [0.15, 0.2) is 0 Å². The number of rotatable bonds is 5. The van der Waals surface area contributed by atoms with Crippen molar-refractivity contribution in [1.29, 1.82) is 0 Å². The number of halogens is 2. The van der Waals surface area contributed by atoms with Crippen LogP contribution in [0.5, 0.6) is 5.75 Å². The van der Waals surface area contributed by atoms with Crippen LogP contribution in [0.2, 0.25) is 5.02 Å². The molecule has 2 N–H and O–H groups in total. The third kappa shape index (κ3) is 3.99. The highest BCUT2D eigenvalue weighted by Crippen LogP contribution is 2.25. The van der Waals surface area contributed by atoms with Gasteiger partial charge in [-0.1, -0.05) is 11.6 Å². The quantitative estimate of drug-likeness (QED) is 0.598. The van der Waals surface area contributed by atoms with Crippen LogP contribution in [0, 0.1) is 0 Å². The topological polar surface area (TPSA) is 70.9 Å². The lowest BCUT2D eigenvalue weighted by molar-refractivity contribution is 0.0697. The largest absolute Gasteiger partial charge is 0.496 e. The third-order valence-electron chi connectivity index (χ3n) is 2.78. The molecule has 0 amide bonds. The number of nitrogens with one attached hydrogen (secondary N) is 1. The van der Waals surface area contributed by atoms with E-state index < -0.39 is 5.97 Å². The molecule has 22 heavy (non-hydrogen) atoms. The fourth-order valence-electron chi connectivity index (χ4n) is 1.70. The van der Waals surface area contributed by atoms with Gasteiger partial charge in [0.2, 0.25) is 0 Å². The van der Waals surface area contributed by atoms with Crippen LogP contribution >= 0.6 is 27.5 Å². The molecule has 0 aliphatic heterocycles. The van der Waals surface area contributed by atoms with Crippen LogP contribution in [0.1, 0.15) is 15.9 Å². The van der Waals surface area contributed by atoms with Crippen molar-refractivity contribution in [1.82, 2.24) is 0 Å². The van der Waals surface area contributed by atoms with E-state index in [2.05, 4.69) is 26.5 Å². The molecule has 0 bridgehead atoms. The van der Waals surface area contributed by atoms with Gasteiger partial charge in [-0.15, -0.1) is 0 Å². The van der Waals surface area contributed by atoms with E-state index in [1.165, 1.54) is 12.1 Å². The first-order valence-electron chi connectivity index (χ1n) is 6.16. The average molecular weight is 384 g/mol. The van der Waals surface area contributed by atoms with E-state index in [1.54, 1.807) is 19.4 Å². The van der Waals surface area contributed by atoms with Crippen molar-refractivity contribution in [2.75, 3.05) is 12.5 Å². The number of methoxy groups -OCH3 is 1. The van der Waals surface area contributed by atoms with Gasteiger partial charge < -0.3 is 9.84 Å². The zero-order chi connectivity index (χ0) is 16.1. The Morgan fingerprint density at radius 3 is 2.77 bits per heavy atom. The molecule has 2 rings (SSSR count). The number of nitrogens with zero attached hydrogens (tertiary/aromatic N) is 1. The van der Waals surface area contributed by atoms with Gasteiger partial charge in [0.25, 0.3) is 0 Å². The number of aromatic carboxylic acids is 1. The molecule has 7 heteroatoms. The summed E-state index contributed by atoms with van der Waals surface area (Å²) in [5, 5.41) is 13.3. The highest BCUT2D eigenvalue weighted by atomic mass is 79.9. The number of carboxylic acids is 1. The summed E-state index contributed by atoms with van der Waals surface area (Å²) in [5.41, 5.74) is 4.17. The van der Waals surface area contributed by atoms with Crippen LogP contribution in [0.4, 0.5) is 5.69 Å². The van der Waals surface area contributed by atoms with Gasteiger partial charge in [0.05, 0.1) is 34.1 Å². The van der Waals surface area contributed by atoms with Crippen molar-refractivity contribution in [3.8, 4) is 5.75 Å². The van der Waals surface area contributed by atoms with Gasteiger partial charge in [-0.3, -0.25) is 5.43 Å². The number of hydrogen-bond donors (Lipinski definition) is 2. The number of hydrogen-bond acceptors (Lipinski definition) is 4. The first kappa shape index (κ1) is 16.3. The Bertz CT molecular complexity index is 735. The van der Waals surface area contributed by atoms with E-state index >= 15 is 0 Å². The normalized spacial score (nSPS) is 10.7. The Kier molecular flexibility index (Phi) is 5.41. The fourth-order valence-corrected chi connectivity index (χ4v) is 2.46. The molecule has 2 aromatic rings. The molecular weight excluding hydrogens is 372 g/mol. The summed E-state index contributed by atoms with van der Waals surface area (Å²) in [6.07, 6.45) is 1.61. The molecule has 0 aromatic heterocycles. The zero-order valence-corrected chi connectivity index (χ0v) is 13.9.